The van der Waals surface area contributed by atoms with Crippen molar-refractivity contribution in [3.8, 4) is 0 Å². The molecule has 1 aliphatic heterocycles. The van der Waals surface area contributed by atoms with Crippen molar-refractivity contribution >= 4 is 51.6 Å². The van der Waals surface area contributed by atoms with Gasteiger partial charge in [0, 0.05) is 10.7 Å². The van der Waals surface area contributed by atoms with Crippen LogP contribution in [0.4, 0.5) is 10.5 Å². The lowest BCUT2D eigenvalue weighted by molar-refractivity contribution is -0.131. The lowest BCUT2D eigenvalue weighted by Gasteiger charge is -2.28. The summed E-state index contributed by atoms with van der Waals surface area (Å²) in [5.41, 5.74) is 2.43. The van der Waals surface area contributed by atoms with E-state index in [0.717, 1.165) is 15.6 Å². The minimum absolute atomic E-state index is 0.0215. The number of rotatable bonds is 4. The van der Waals surface area contributed by atoms with Crippen molar-refractivity contribution in [1.82, 2.24) is 10.7 Å². The molecule has 0 unspecified atom stereocenters. The number of hydrazone groups is 1. The number of furan rings is 1. The summed E-state index contributed by atoms with van der Waals surface area (Å²) in [6.45, 7) is 0. The molecule has 10 heteroatoms. The van der Waals surface area contributed by atoms with Crippen LogP contribution in [-0.4, -0.2) is 30.0 Å². The van der Waals surface area contributed by atoms with Crippen LogP contribution in [0.5, 0.6) is 0 Å². The van der Waals surface area contributed by atoms with Gasteiger partial charge in [-0.25, -0.2) is 15.1 Å². The lowest BCUT2D eigenvalue weighted by Crippen LogP contribution is -2.58. The second kappa shape index (κ2) is 7.31. The molecule has 0 bridgehead atoms. The third-order valence-corrected chi connectivity index (χ3v) is 3.95. The SMILES string of the molecule is O=C(N/N=C\[C@H]1C(=O)NC(=O)N(c2ccc(Br)cc2)C1=O)c1ccco1. The van der Waals surface area contributed by atoms with E-state index in [1.807, 2.05) is 0 Å². The molecule has 5 amide bonds. The van der Waals surface area contributed by atoms with E-state index in [2.05, 4.69) is 31.8 Å². The van der Waals surface area contributed by atoms with Gasteiger partial charge in [-0.15, -0.1) is 0 Å². The summed E-state index contributed by atoms with van der Waals surface area (Å²) in [5.74, 6) is -3.60. The summed E-state index contributed by atoms with van der Waals surface area (Å²) in [7, 11) is 0. The highest BCUT2D eigenvalue weighted by Gasteiger charge is 2.40. The molecule has 2 aromatic rings. The highest BCUT2D eigenvalue weighted by atomic mass is 79.9. The Labute approximate surface area is 155 Å². The van der Waals surface area contributed by atoms with Crippen molar-refractivity contribution in [2.24, 2.45) is 11.0 Å². The molecule has 9 nitrogen and oxygen atoms in total. The van der Waals surface area contributed by atoms with Gasteiger partial charge >= 0.3 is 11.9 Å². The third-order valence-electron chi connectivity index (χ3n) is 3.42. The van der Waals surface area contributed by atoms with E-state index in [1.165, 1.54) is 18.4 Å². The first kappa shape index (κ1) is 17.5. The Morgan fingerprint density at radius 3 is 2.62 bits per heavy atom. The smallest absolute Gasteiger partial charge is 0.335 e. The van der Waals surface area contributed by atoms with Gasteiger partial charge in [0.1, 0.15) is 0 Å². The van der Waals surface area contributed by atoms with Crippen molar-refractivity contribution in [3.05, 3.63) is 52.9 Å². The molecule has 1 saturated heterocycles. The number of amides is 5. The van der Waals surface area contributed by atoms with Crippen molar-refractivity contribution in [1.29, 1.82) is 0 Å². The van der Waals surface area contributed by atoms with Crippen molar-refractivity contribution in [3.63, 3.8) is 0 Å². The van der Waals surface area contributed by atoms with Crippen LogP contribution in [0.3, 0.4) is 0 Å². The van der Waals surface area contributed by atoms with Crippen LogP contribution in [0.2, 0.25) is 0 Å². The molecule has 26 heavy (non-hydrogen) atoms. The van der Waals surface area contributed by atoms with Gasteiger partial charge in [0.05, 0.1) is 12.0 Å². The summed E-state index contributed by atoms with van der Waals surface area (Å²) in [6, 6.07) is 8.49. The molecule has 1 atom stereocenters. The molecule has 0 spiro atoms. The molecule has 0 aliphatic carbocycles. The zero-order valence-corrected chi connectivity index (χ0v) is 14.6. The number of halogens is 1. The average Bonchev–Trinajstić information content (AvgIpc) is 3.14. The minimum atomic E-state index is -1.37. The van der Waals surface area contributed by atoms with Crippen molar-refractivity contribution in [2.75, 3.05) is 4.90 Å². The number of anilines is 1. The highest BCUT2D eigenvalue weighted by Crippen LogP contribution is 2.22. The molecule has 1 aromatic carbocycles. The van der Waals surface area contributed by atoms with E-state index in [1.54, 1.807) is 24.3 Å². The Balaban J connectivity index is 1.76. The Kier molecular flexibility index (Phi) is 4.94. The average molecular weight is 419 g/mol. The number of imide groups is 2. The molecule has 3 rings (SSSR count). The number of benzene rings is 1. The monoisotopic (exact) mass is 418 g/mol. The van der Waals surface area contributed by atoms with Gasteiger partial charge in [-0.1, -0.05) is 15.9 Å². The maximum atomic E-state index is 12.5. The summed E-state index contributed by atoms with van der Waals surface area (Å²) in [4.78, 5) is 49.0. The fraction of sp³-hybridized carbons (Fsp3) is 0.0625. The predicted molar refractivity (Wildman–Crippen MR) is 93.3 cm³/mol. The molecular weight excluding hydrogens is 408 g/mol. The topological polar surface area (TPSA) is 121 Å². The number of urea groups is 1. The van der Waals surface area contributed by atoms with Gasteiger partial charge in [0.2, 0.25) is 5.91 Å². The second-order valence-corrected chi connectivity index (χ2v) is 6.03. The molecule has 0 saturated carbocycles. The fourth-order valence-corrected chi connectivity index (χ4v) is 2.45. The molecular formula is C16H11BrN4O5. The van der Waals surface area contributed by atoms with Gasteiger partial charge in [-0.3, -0.25) is 19.7 Å². The van der Waals surface area contributed by atoms with Gasteiger partial charge in [-0.2, -0.15) is 5.10 Å². The quantitative estimate of drug-likeness (QED) is 0.444. The minimum Gasteiger partial charge on any atom is -0.459 e. The van der Waals surface area contributed by atoms with Crippen LogP contribution in [-0.2, 0) is 9.59 Å². The molecule has 0 radical (unpaired) electrons. The maximum absolute atomic E-state index is 12.5. The van der Waals surface area contributed by atoms with Gasteiger partial charge in [0.15, 0.2) is 11.7 Å². The number of nitrogens with zero attached hydrogens (tertiary/aromatic N) is 2. The number of nitrogens with one attached hydrogen (secondary N) is 2. The Morgan fingerprint density at radius 2 is 1.96 bits per heavy atom. The number of carbonyl (C=O) groups excluding carboxylic acids is 4. The summed E-state index contributed by atoms with van der Waals surface area (Å²) in [6.07, 6.45) is 2.27. The van der Waals surface area contributed by atoms with Gasteiger partial charge < -0.3 is 4.42 Å². The zero-order chi connectivity index (χ0) is 18.7. The largest absolute Gasteiger partial charge is 0.459 e. The summed E-state index contributed by atoms with van der Waals surface area (Å²) >= 11 is 3.26. The molecule has 2 N–H and O–H groups in total. The fourth-order valence-electron chi connectivity index (χ4n) is 2.19. The number of carbonyl (C=O) groups is 4. The second-order valence-electron chi connectivity index (χ2n) is 5.12. The van der Waals surface area contributed by atoms with Crippen LogP contribution in [0.1, 0.15) is 10.6 Å². The van der Waals surface area contributed by atoms with E-state index >= 15 is 0 Å². The molecule has 132 valence electrons. The van der Waals surface area contributed by atoms with Crippen molar-refractivity contribution < 1.29 is 23.6 Å². The van der Waals surface area contributed by atoms with Crippen LogP contribution in [0, 0.1) is 5.92 Å². The molecule has 1 fully saturated rings. The lowest BCUT2D eigenvalue weighted by atomic mass is 10.1. The van der Waals surface area contributed by atoms with Crippen LogP contribution in [0.15, 0.2) is 56.7 Å². The van der Waals surface area contributed by atoms with Crippen molar-refractivity contribution in [2.45, 2.75) is 0 Å². The Morgan fingerprint density at radius 1 is 1.23 bits per heavy atom. The number of hydrogen-bond donors (Lipinski definition) is 2. The van der Waals surface area contributed by atoms with E-state index in [0.29, 0.717) is 5.69 Å². The molecule has 2 heterocycles. The normalized spacial score (nSPS) is 17.5. The first-order valence-electron chi connectivity index (χ1n) is 7.29. The number of barbiturate groups is 1. The van der Waals surface area contributed by atoms with E-state index in [-0.39, 0.29) is 5.76 Å². The van der Waals surface area contributed by atoms with Crippen LogP contribution < -0.4 is 15.6 Å². The van der Waals surface area contributed by atoms with E-state index < -0.39 is 29.7 Å². The van der Waals surface area contributed by atoms with Crippen LogP contribution in [0.25, 0.3) is 0 Å². The predicted octanol–water partition coefficient (Wildman–Crippen LogP) is 1.66. The summed E-state index contributed by atoms with van der Waals surface area (Å²) < 4.78 is 5.65. The Hall–Kier alpha value is -3.27. The first-order valence-corrected chi connectivity index (χ1v) is 8.08. The highest BCUT2D eigenvalue weighted by molar-refractivity contribution is 9.10. The van der Waals surface area contributed by atoms with E-state index in [9.17, 15) is 19.2 Å². The summed E-state index contributed by atoms with van der Waals surface area (Å²) in [5, 5.41) is 5.69. The van der Waals surface area contributed by atoms with Crippen LogP contribution >= 0.6 is 15.9 Å². The zero-order valence-electron chi connectivity index (χ0n) is 13.0. The third kappa shape index (κ3) is 3.54. The van der Waals surface area contributed by atoms with Gasteiger partial charge in [0.25, 0.3) is 5.91 Å². The maximum Gasteiger partial charge on any atom is 0.335 e. The first-order chi connectivity index (χ1) is 12.5. The standard InChI is InChI=1S/C16H11BrN4O5/c17-9-3-5-10(6-4-9)21-15(24)11(13(22)19-16(21)25)8-18-20-14(23)12-2-1-7-26-12/h1-8,11H,(H,20,23)(H,19,22,25)/b18-8-/t11-/m0/s1. The van der Waals surface area contributed by atoms with Gasteiger partial charge in [-0.05, 0) is 36.4 Å². The molecule has 1 aromatic heterocycles. The Bertz CT molecular complexity index is 892. The molecule has 1 aliphatic rings. The van der Waals surface area contributed by atoms with E-state index in [4.69, 9.17) is 4.42 Å². The number of hydrogen-bond acceptors (Lipinski definition) is 6.